The van der Waals surface area contributed by atoms with Gasteiger partial charge in [0.1, 0.15) is 12.9 Å². The third-order valence-electron chi connectivity index (χ3n) is 5.32. The van der Waals surface area contributed by atoms with E-state index in [0.717, 1.165) is 29.9 Å². The number of carbonyl (C=O) groups is 3. The van der Waals surface area contributed by atoms with E-state index in [1.807, 2.05) is 37.3 Å². The smallest absolute Gasteiger partial charge is 0.288 e. The predicted octanol–water partition coefficient (Wildman–Crippen LogP) is 3.91. The van der Waals surface area contributed by atoms with Crippen LogP contribution in [0.15, 0.2) is 46.9 Å². The number of nitrogens with zero attached hydrogens (tertiary/aromatic N) is 1. The summed E-state index contributed by atoms with van der Waals surface area (Å²) in [6.07, 6.45) is 4.49. The fraction of sp³-hybridized carbons (Fsp3) is 0.417. The molecule has 3 amide bonds. The van der Waals surface area contributed by atoms with E-state index in [0.29, 0.717) is 25.0 Å². The molecule has 0 aliphatic heterocycles. The molecule has 2 aromatic rings. The average molecular weight is 443 g/mol. The highest BCUT2D eigenvalue weighted by Crippen LogP contribution is 2.22. The molecule has 1 heterocycles. The Morgan fingerprint density at radius 3 is 2.50 bits per heavy atom. The lowest BCUT2D eigenvalue weighted by Gasteiger charge is -2.31. The zero-order valence-electron chi connectivity index (χ0n) is 18.7. The molecule has 32 heavy (non-hydrogen) atoms. The van der Waals surface area contributed by atoms with E-state index in [-0.39, 0.29) is 18.3 Å². The van der Waals surface area contributed by atoms with Gasteiger partial charge in [-0.3, -0.25) is 19.2 Å². The van der Waals surface area contributed by atoms with Crippen LogP contribution in [0.2, 0.25) is 0 Å². The lowest BCUT2D eigenvalue weighted by atomic mass is 9.90. The van der Waals surface area contributed by atoms with E-state index in [1.165, 1.54) is 0 Å². The van der Waals surface area contributed by atoms with Gasteiger partial charge in [0.15, 0.2) is 5.76 Å². The number of hydrogen-bond donors (Lipinski definition) is 2. The van der Waals surface area contributed by atoms with Crippen LogP contribution in [0.4, 0.5) is 0 Å². The van der Waals surface area contributed by atoms with Crippen LogP contribution in [0.25, 0.3) is 11.3 Å². The molecule has 0 saturated carbocycles. The van der Waals surface area contributed by atoms with Crippen LogP contribution in [0.5, 0.6) is 0 Å². The highest BCUT2D eigenvalue weighted by molar-refractivity contribution is 5.92. The Labute approximate surface area is 189 Å². The third kappa shape index (κ3) is 6.95. The lowest BCUT2D eigenvalue weighted by Crippen LogP contribution is -2.48. The van der Waals surface area contributed by atoms with Crippen LogP contribution in [0, 0.1) is 13.0 Å². The van der Waals surface area contributed by atoms with E-state index < -0.39 is 17.9 Å². The van der Waals surface area contributed by atoms with Crippen molar-refractivity contribution in [2.75, 3.05) is 6.67 Å². The lowest BCUT2D eigenvalue weighted by molar-refractivity contribution is -0.173. The van der Waals surface area contributed by atoms with Gasteiger partial charge in [-0.2, -0.15) is 0 Å². The molecule has 1 radical (unpaired) electrons. The highest BCUT2D eigenvalue weighted by atomic mass is 16.7. The molecule has 2 atom stereocenters. The Morgan fingerprint density at radius 2 is 1.88 bits per heavy atom. The van der Waals surface area contributed by atoms with Gasteiger partial charge in [0.2, 0.25) is 12.3 Å². The maximum Gasteiger partial charge on any atom is 0.288 e. The zero-order chi connectivity index (χ0) is 23.3. The molecule has 0 saturated heterocycles. The first kappa shape index (κ1) is 25.1. The second-order valence-corrected chi connectivity index (χ2v) is 7.43. The fourth-order valence-electron chi connectivity index (χ4n) is 3.61. The number of rotatable bonds is 14. The minimum absolute atomic E-state index is 0.0634. The fourth-order valence-corrected chi connectivity index (χ4v) is 3.61. The number of hydrogen-bond acceptors (Lipinski definition) is 5. The van der Waals surface area contributed by atoms with Crippen molar-refractivity contribution in [2.45, 2.75) is 52.0 Å². The van der Waals surface area contributed by atoms with Crippen LogP contribution in [-0.2, 0) is 14.4 Å². The summed E-state index contributed by atoms with van der Waals surface area (Å²) >= 11 is 0. The van der Waals surface area contributed by atoms with Gasteiger partial charge >= 0.3 is 0 Å². The van der Waals surface area contributed by atoms with Crippen molar-refractivity contribution in [1.29, 1.82) is 0 Å². The van der Waals surface area contributed by atoms with Crippen LogP contribution in [-0.4, -0.2) is 36.0 Å². The molecule has 2 unspecified atom stereocenters. The van der Waals surface area contributed by atoms with Gasteiger partial charge in [-0.05, 0) is 25.0 Å². The van der Waals surface area contributed by atoms with Crippen LogP contribution >= 0.6 is 0 Å². The Kier molecular flexibility index (Phi) is 10.5. The first-order valence-corrected chi connectivity index (χ1v) is 10.9. The van der Waals surface area contributed by atoms with Crippen molar-refractivity contribution in [2.24, 2.45) is 5.92 Å². The van der Waals surface area contributed by atoms with Crippen molar-refractivity contribution in [3.63, 3.8) is 0 Å². The molecule has 8 nitrogen and oxygen atoms in total. The van der Waals surface area contributed by atoms with Crippen molar-refractivity contribution in [1.82, 2.24) is 15.7 Å². The summed E-state index contributed by atoms with van der Waals surface area (Å²) in [6.45, 7) is 3.89. The van der Waals surface area contributed by atoms with Gasteiger partial charge < -0.3 is 15.1 Å². The minimum Gasteiger partial charge on any atom is -0.451 e. The number of amides is 3. The van der Waals surface area contributed by atoms with Crippen molar-refractivity contribution in [3.05, 3.63) is 55.3 Å². The molecular formula is C24H32N3O5. The molecule has 2 N–H and O–H groups in total. The highest BCUT2D eigenvalue weighted by Gasteiger charge is 2.31. The van der Waals surface area contributed by atoms with Crippen molar-refractivity contribution in [3.8, 4) is 11.3 Å². The number of carbonyl (C=O) groups excluding carboxylic acids is 3. The first-order chi connectivity index (χ1) is 15.5. The van der Waals surface area contributed by atoms with Gasteiger partial charge in [-0.15, -0.1) is 0 Å². The minimum atomic E-state index is -0.483. The molecule has 1 aromatic carbocycles. The van der Waals surface area contributed by atoms with Crippen LogP contribution in [0.1, 0.15) is 56.5 Å². The second kappa shape index (κ2) is 13.3. The molecule has 8 heteroatoms. The number of hydroxylamine groups is 2. The first-order valence-electron chi connectivity index (χ1n) is 10.9. The summed E-state index contributed by atoms with van der Waals surface area (Å²) in [5, 5.41) is 6.45. The number of unbranched alkanes of at least 4 members (excludes halogenated alkanes) is 2. The van der Waals surface area contributed by atoms with Gasteiger partial charge in [0.25, 0.3) is 5.91 Å². The van der Waals surface area contributed by atoms with Crippen molar-refractivity contribution >= 4 is 18.2 Å². The average Bonchev–Trinajstić information content (AvgIpc) is 3.32. The van der Waals surface area contributed by atoms with Gasteiger partial charge in [0.05, 0.1) is 18.6 Å². The van der Waals surface area contributed by atoms with Crippen LogP contribution in [0.3, 0.4) is 0 Å². The Hall–Kier alpha value is -3.13. The summed E-state index contributed by atoms with van der Waals surface area (Å²) in [7, 11) is 3.30. The topological polar surface area (TPSA) is 101 Å². The van der Waals surface area contributed by atoms with E-state index in [1.54, 1.807) is 12.1 Å². The Bertz CT molecular complexity index is 852. The maximum absolute atomic E-state index is 12.9. The predicted molar refractivity (Wildman–Crippen MR) is 121 cm³/mol. The standard InChI is InChI=1S/C24H32N3O5/c1-4-6-8-13-19(20(5-2)27(17-28)31-3)23(29)25-16-26-24(30)22-15-14-21(32-22)18-11-9-7-10-12-18/h7,9-12,14-15,17,19-20H,3-6,8,13,16H2,1-2H3,(H,25,29)(H,26,30). The molecule has 173 valence electrons. The molecule has 0 fully saturated rings. The zero-order valence-corrected chi connectivity index (χ0v) is 18.7. The quantitative estimate of drug-likeness (QED) is 0.200. The number of furan rings is 1. The van der Waals surface area contributed by atoms with Gasteiger partial charge in [-0.1, -0.05) is 63.4 Å². The molecule has 2 rings (SSSR count). The number of nitrogens with one attached hydrogen (secondary N) is 2. The van der Waals surface area contributed by atoms with Crippen LogP contribution < -0.4 is 10.6 Å². The van der Waals surface area contributed by atoms with E-state index in [9.17, 15) is 14.4 Å². The molecule has 0 aliphatic rings. The Balaban J connectivity index is 1.95. The van der Waals surface area contributed by atoms with Gasteiger partial charge in [-0.25, -0.2) is 5.06 Å². The Morgan fingerprint density at radius 1 is 1.12 bits per heavy atom. The van der Waals surface area contributed by atoms with E-state index in [4.69, 9.17) is 9.25 Å². The summed E-state index contributed by atoms with van der Waals surface area (Å²) in [5.74, 6) is -0.437. The summed E-state index contributed by atoms with van der Waals surface area (Å²) in [5.41, 5.74) is 0.868. The number of benzene rings is 1. The second-order valence-electron chi connectivity index (χ2n) is 7.43. The van der Waals surface area contributed by atoms with E-state index >= 15 is 0 Å². The molecule has 0 bridgehead atoms. The molecule has 0 spiro atoms. The maximum atomic E-state index is 12.9. The van der Waals surface area contributed by atoms with Crippen molar-refractivity contribution < 1.29 is 23.6 Å². The third-order valence-corrected chi connectivity index (χ3v) is 5.32. The summed E-state index contributed by atoms with van der Waals surface area (Å²) in [6, 6.07) is 12.3. The SMILES string of the molecule is [CH2]ON(C=O)C(CC)C(CCCCC)C(=O)NCNC(=O)c1ccc(-c2ccccc2)o1. The summed E-state index contributed by atoms with van der Waals surface area (Å²) in [4.78, 5) is 41.5. The molecule has 0 aliphatic carbocycles. The largest absolute Gasteiger partial charge is 0.451 e. The van der Waals surface area contributed by atoms with Gasteiger partial charge in [0, 0.05) is 5.56 Å². The summed E-state index contributed by atoms with van der Waals surface area (Å²) < 4.78 is 5.62. The van der Waals surface area contributed by atoms with E-state index in [2.05, 4.69) is 24.7 Å². The molecule has 1 aromatic heterocycles. The monoisotopic (exact) mass is 442 g/mol. The normalized spacial score (nSPS) is 12.6. The molecular weight excluding hydrogens is 410 g/mol.